The van der Waals surface area contributed by atoms with Gasteiger partial charge in [0.05, 0.1) is 10.6 Å². The second kappa shape index (κ2) is 13.8. The molecule has 0 bridgehead atoms. The van der Waals surface area contributed by atoms with Crippen LogP contribution < -0.4 is 9.62 Å². The molecule has 39 heavy (non-hydrogen) atoms. The number of hydrogen-bond acceptors (Lipinski definition) is 4. The van der Waals surface area contributed by atoms with Crippen molar-refractivity contribution in [1.29, 1.82) is 0 Å². The van der Waals surface area contributed by atoms with Crippen molar-refractivity contribution >= 4 is 50.7 Å². The Bertz CT molecular complexity index is 1370. The van der Waals surface area contributed by atoms with E-state index in [2.05, 4.69) is 5.32 Å². The maximum Gasteiger partial charge on any atom is 0.264 e. The number of nitrogens with one attached hydrogen (secondary N) is 1. The molecule has 0 saturated heterocycles. The third-order valence-corrected chi connectivity index (χ3v) is 8.82. The van der Waals surface area contributed by atoms with Crippen molar-refractivity contribution in [3.63, 3.8) is 0 Å². The minimum atomic E-state index is -4.14. The first-order valence-electron chi connectivity index (χ1n) is 12.7. The smallest absolute Gasteiger partial charge is 0.264 e. The molecule has 0 aromatic heterocycles. The molecule has 0 fully saturated rings. The van der Waals surface area contributed by atoms with Gasteiger partial charge in [-0.3, -0.25) is 13.9 Å². The van der Waals surface area contributed by atoms with Crippen molar-refractivity contribution < 1.29 is 18.0 Å². The van der Waals surface area contributed by atoms with Gasteiger partial charge in [-0.15, -0.1) is 0 Å². The third kappa shape index (κ3) is 7.75. The van der Waals surface area contributed by atoms with Gasteiger partial charge < -0.3 is 10.2 Å². The number of carbonyl (C=O) groups is 2. The van der Waals surface area contributed by atoms with E-state index >= 15 is 0 Å². The first-order chi connectivity index (χ1) is 18.6. The number of anilines is 1. The highest BCUT2D eigenvalue weighted by molar-refractivity contribution is 7.92. The van der Waals surface area contributed by atoms with Gasteiger partial charge in [-0.2, -0.15) is 0 Å². The Morgan fingerprint density at radius 3 is 2.08 bits per heavy atom. The third-order valence-electron chi connectivity index (χ3n) is 6.41. The van der Waals surface area contributed by atoms with E-state index in [1.54, 1.807) is 66.7 Å². The van der Waals surface area contributed by atoms with Gasteiger partial charge in [-0.1, -0.05) is 73.4 Å². The zero-order valence-electron chi connectivity index (χ0n) is 22.2. The monoisotopic (exact) mass is 589 g/mol. The molecule has 0 aliphatic carbocycles. The molecule has 3 rings (SSSR count). The average Bonchev–Trinajstić information content (AvgIpc) is 2.93. The Hall–Kier alpha value is -3.07. The predicted molar refractivity (Wildman–Crippen MR) is 156 cm³/mol. The molecule has 1 N–H and O–H groups in total. The Kier molecular flexibility index (Phi) is 10.8. The summed E-state index contributed by atoms with van der Waals surface area (Å²) in [5, 5.41) is 3.82. The summed E-state index contributed by atoms with van der Waals surface area (Å²) >= 11 is 12.5. The maximum absolute atomic E-state index is 14.0. The zero-order valence-corrected chi connectivity index (χ0v) is 24.5. The van der Waals surface area contributed by atoms with E-state index < -0.39 is 28.5 Å². The molecule has 3 aromatic carbocycles. The van der Waals surface area contributed by atoms with Crippen molar-refractivity contribution in [3.8, 4) is 0 Å². The summed E-state index contributed by atoms with van der Waals surface area (Å²) in [5.41, 5.74) is 0.915. The first-order valence-corrected chi connectivity index (χ1v) is 14.9. The number of halogens is 2. The quantitative estimate of drug-likeness (QED) is 0.284. The molecule has 7 nitrogen and oxygen atoms in total. The Balaban J connectivity index is 2.05. The molecule has 2 amide bonds. The molecule has 0 spiro atoms. The number of nitrogens with zero attached hydrogens (tertiary/aromatic N) is 2. The van der Waals surface area contributed by atoms with E-state index in [1.165, 1.54) is 17.0 Å². The summed E-state index contributed by atoms with van der Waals surface area (Å²) in [6, 6.07) is 20.2. The van der Waals surface area contributed by atoms with Gasteiger partial charge in [-0.25, -0.2) is 8.42 Å². The summed E-state index contributed by atoms with van der Waals surface area (Å²) in [5.74, 6) is -0.855. The fourth-order valence-corrected chi connectivity index (χ4v) is 5.78. The standard InChI is InChI=1S/C29H33Cl2N3O4S/c1-4-21(3)32-29(36)27(5-2)33(19-22-11-9-10-14-26(22)31)28(35)20-34(24-17-15-23(30)16-18-24)39(37,38)25-12-7-6-8-13-25/h6-18,21,27H,4-5,19-20H2,1-3H3,(H,32,36). The highest BCUT2D eigenvalue weighted by atomic mass is 35.5. The second-order valence-electron chi connectivity index (χ2n) is 9.16. The van der Waals surface area contributed by atoms with E-state index in [-0.39, 0.29) is 29.1 Å². The topological polar surface area (TPSA) is 86.8 Å². The molecule has 0 heterocycles. The van der Waals surface area contributed by atoms with Gasteiger partial charge in [0.2, 0.25) is 11.8 Å². The SMILES string of the molecule is CCC(C)NC(=O)C(CC)N(Cc1ccccc1Cl)C(=O)CN(c1ccc(Cl)cc1)S(=O)(=O)c1ccccc1. The molecule has 10 heteroatoms. The fraction of sp³-hybridized carbons (Fsp3) is 0.310. The number of amides is 2. The minimum Gasteiger partial charge on any atom is -0.352 e. The fourth-order valence-electron chi connectivity index (χ4n) is 4.03. The number of carbonyl (C=O) groups excluding carboxylic acids is 2. The summed E-state index contributed by atoms with van der Waals surface area (Å²) in [6.07, 6.45) is 1.05. The van der Waals surface area contributed by atoms with Crippen LogP contribution in [0, 0.1) is 0 Å². The van der Waals surface area contributed by atoms with Gasteiger partial charge in [0.25, 0.3) is 10.0 Å². The molecule has 0 aliphatic rings. The maximum atomic E-state index is 14.0. The molecule has 0 radical (unpaired) electrons. The lowest BCUT2D eigenvalue weighted by atomic mass is 10.1. The van der Waals surface area contributed by atoms with Crippen LogP contribution in [0.4, 0.5) is 5.69 Å². The second-order valence-corrected chi connectivity index (χ2v) is 11.9. The zero-order chi connectivity index (χ0) is 28.6. The van der Waals surface area contributed by atoms with Gasteiger partial charge in [0.15, 0.2) is 0 Å². The van der Waals surface area contributed by atoms with E-state index in [1.807, 2.05) is 20.8 Å². The van der Waals surface area contributed by atoms with Crippen LogP contribution in [0.3, 0.4) is 0 Å². The number of hydrogen-bond donors (Lipinski definition) is 1. The molecule has 208 valence electrons. The van der Waals surface area contributed by atoms with Crippen molar-refractivity contribution in [2.24, 2.45) is 0 Å². The van der Waals surface area contributed by atoms with Crippen LogP contribution in [-0.4, -0.2) is 43.8 Å². The molecule has 3 aromatic rings. The van der Waals surface area contributed by atoms with Gasteiger partial charge in [-0.05, 0) is 67.8 Å². The van der Waals surface area contributed by atoms with Crippen LogP contribution in [0.5, 0.6) is 0 Å². The summed E-state index contributed by atoms with van der Waals surface area (Å²) < 4.78 is 28.6. The average molecular weight is 591 g/mol. The van der Waals surface area contributed by atoms with Crippen LogP contribution in [0.1, 0.15) is 39.2 Å². The van der Waals surface area contributed by atoms with E-state index in [0.717, 1.165) is 10.7 Å². The minimum absolute atomic E-state index is 0.0325. The molecular weight excluding hydrogens is 557 g/mol. The molecule has 0 aliphatic heterocycles. The predicted octanol–water partition coefficient (Wildman–Crippen LogP) is 5.91. The van der Waals surface area contributed by atoms with E-state index in [0.29, 0.717) is 22.0 Å². The highest BCUT2D eigenvalue weighted by Crippen LogP contribution is 2.27. The Morgan fingerprint density at radius 2 is 1.49 bits per heavy atom. The van der Waals surface area contributed by atoms with Gasteiger partial charge >= 0.3 is 0 Å². The highest BCUT2D eigenvalue weighted by Gasteiger charge is 2.34. The van der Waals surface area contributed by atoms with Gasteiger partial charge in [0.1, 0.15) is 12.6 Å². The lowest BCUT2D eigenvalue weighted by Crippen LogP contribution is -2.53. The Labute approximate surface area is 240 Å². The molecule has 0 saturated carbocycles. The number of sulfonamides is 1. The van der Waals surface area contributed by atoms with Gasteiger partial charge in [0, 0.05) is 22.6 Å². The summed E-state index contributed by atoms with van der Waals surface area (Å²) in [6.45, 7) is 5.16. The van der Waals surface area contributed by atoms with Crippen molar-refractivity contribution in [1.82, 2.24) is 10.2 Å². The lowest BCUT2D eigenvalue weighted by Gasteiger charge is -2.34. The summed E-state index contributed by atoms with van der Waals surface area (Å²) in [7, 11) is -4.14. The lowest BCUT2D eigenvalue weighted by molar-refractivity contribution is -0.140. The van der Waals surface area contributed by atoms with E-state index in [4.69, 9.17) is 23.2 Å². The largest absolute Gasteiger partial charge is 0.352 e. The Morgan fingerprint density at radius 1 is 0.872 bits per heavy atom. The first kappa shape index (κ1) is 30.5. The summed E-state index contributed by atoms with van der Waals surface area (Å²) in [4.78, 5) is 28.7. The van der Waals surface area contributed by atoms with Crippen LogP contribution >= 0.6 is 23.2 Å². The number of rotatable bonds is 12. The molecule has 2 unspecified atom stereocenters. The van der Waals surface area contributed by atoms with Crippen molar-refractivity contribution in [3.05, 3.63) is 94.5 Å². The van der Waals surface area contributed by atoms with Crippen molar-refractivity contribution in [2.75, 3.05) is 10.8 Å². The van der Waals surface area contributed by atoms with Crippen LogP contribution in [0.2, 0.25) is 10.0 Å². The van der Waals surface area contributed by atoms with E-state index in [9.17, 15) is 18.0 Å². The van der Waals surface area contributed by atoms with Crippen LogP contribution in [0.15, 0.2) is 83.8 Å². The van der Waals surface area contributed by atoms with Crippen LogP contribution in [-0.2, 0) is 26.2 Å². The molecule has 2 atom stereocenters. The van der Waals surface area contributed by atoms with Crippen LogP contribution in [0.25, 0.3) is 0 Å². The normalized spacial score (nSPS) is 12.8. The number of benzene rings is 3. The van der Waals surface area contributed by atoms with Crippen molar-refractivity contribution in [2.45, 2.75) is 57.1 Å². The molecular formula is C29H33Cl2N3O4S.